The average molecular weight is 276 g/mol. The summed E-state index contributed by atoms with van der Waals surface area (Å²) in [5.41, 5.74) is 7.61. The maximum Gasteiger partial charge on any atom is 0.138 e. The van der Waals surface area contributed by atoms with Gasteiger partial charge in [0.1, 0.15) is 5.75 Å². The van der Waals surface area contributed by atoms with Gasteiger partial charge in [0, 0.05) is 12.2 Å². The van der Waals surface area contributed by atoms with E-state index in [0.29, 0.717) is 5.92 Å². The van der Waals surface area contributed by atoms with Crippen molar-refractivity contribution in [1.82, 2.24) is 4.98 Å². The number of hydrogen-bond acceptors (Lipinski definition) is 3. The molecular formula is C17H28N2O. The van der Waals surface area contributed by atoms with Crippen molar-refractivity contribution in [2.45, 2.75) is 70.9 Å². The molecule has 1 aliphatic rings. The standard InChI is InChI=1S/C17H28N2O/c1-13(2)20-16-10-15(11-19-12-16)17(18)14-8-6-4-3-5-7-9-14/h10-14,17H,3-9,18H2,1-2H3. The number of pyridine rings is 1. The van der Waals surface area contributed by atoms with Crippen LogP contribution in [0.1, 0.15) is 70.4 Å². The minimum absolute atomic E-state index is 0.0938. The van der Waals surface area contributed by atoms with Crippen molar-refractivity contribution in [3.05, 3.63) is 24.0 Å². The van der Waals surface area contributed by atoms with Gasteiger partial charge in [-0.25, -0.2) is 0 Å². The topological polar surface area (TPSA) is 48.1 Å². The molecule has 112 valence electrons. The Bertz CT molecular complexity index is 398. The number of aromatic nitrogens is 1. The van der Waals surface area contributed by atoms with E-state index in [1.54, 1.807) is 6.20 Å². The summed E-state index contributed by atoms with van der Waals surface area (Å²) in [5.74, 6) is 1.42. The molecule has 0 aromatic carbocycles. The monoisotopic (exact) mass is 276 g/mol. The first kappa shape index (κ1) is 15.3. The molecule has 0 radical (unpaired) electrons. The van der Waals surface area contributed by atoms with Gasteiger partial charge >= 0.3 is 0 Å². The van der Waals surface area contributed by atoms with E-state index in [-0.39, 0.29) is 12.1 Å². The zero-order chi connectivity index (χ0) is 14.4. The maximum absolute atomic E-state index is 6.49. The quantitative estimate of drug-likeness (QED) is 0.895. The van der Waals surface area contributed by atoms with Crippen LogP contribution in [0.15, 0.2) is 18.5 Å². The molecule has 1 atom stereocenters. The second-order valence-electron chi connectivity index (χ2n) is 6.25. The van der Waals surface area contributed by atoms with Gasteiger partial charge in [-0.15, -0.1) is 0 Å². The highest BCUT2D eigenvalue weighted by atomic mass is 16.5. The molecule has 0 aliphatic heterocycles. The summed E-state index contributed by atoms with van der Waals surface area (Å²) < 4.78 is 5.72. The van der Waals surface area contributed by atoms with Crippen LogP contribution in [-0.4, -0.2) is 11.1 Å². The molecule has 1 aromatic heterocycles. The van der Waals surface area contributed by atoms with Crippen LogP contribution in [0.25, 0.3) is 0 Å². The summed E-state index contributed by atoms with van der Waals surface area (Å²) in [4.78, 5) is 4.29. The molecule has 0 amide bonds. The van der Waals surface area contributed by atoms with E-state index >= 15 is 0 Å². The van der Waals surface area contributed by atoms with E-state index in [2.05, 4.69) is 11.1 Å². The maximum atomic E-state index is 6.49. The first-order valence-electron chi connectivity index (χ1n) is 8.04. The molecule has 0 spiro atoms. The lowest BCUT2D eigenvalue weighted by molar-refractivity contribution is 0.240. The Morgan fingerprint density at radius 1 is 1.10 bits per heavy atom. The summed E-state index contributed by atoms with van der Waals surface area (Å²) in [5, 5.41) is 0. The molecule has 1 saturated carbocycles. The first-order valence-corrected chi connectivity index (χ1v) is 8.04. The molecule has 1 unspecified atom stereocenters. The lowest BCUT2D eigenvalue weighted by Gasteiger charge is -2.26. The smallest absolute Gasteiger partial charge is 0.138 e. The predicted molar refractivity (Wildman–Crippen MR) is 82.7 cm³/mol. The Balaban J connectivity index is 2.04. The van der Waals surface area contributed by atoms with Crippen molar-refractivity contribution in [2.24, 2.45) is 11.7 Å². The Kier molecular flexibility index (Phi) is 5.84. The van der Waals surface area contributed by atoms with Gasteiger partial charge in [0.25, 0.3) is 0 Å². The number of ether oxygens (including phenoxy) is 1. The fourth-order valence-electron chi connectivity index (χ4n) is 3.07. The van der Waals surface area contributed by atoms with Crippen LogP contribution in [0.3, 0.4) is 0 Å². The lowest BCUT2D eigenvalue weighted by Crippen LogP contribution is -2.22. The van der Waals surface area contributed by atoms with Gasteiger partial charge < -0.3 is 10.5 Å². The highest BCUT2D eigenvalue weighted by Crippen LogP contribution is 2.32. The second kappa shape index (κ2) is 7.63. The third kappa shape index (κ3) is 4.48. The number of hydrogen-bond donors (Lipinski definition) is 1. The fraction of sp³-hybridized carbons (Fsp3) is 0.706. The number of nitrogens with zero attached hydrogens (tertiary/aromatic N) is 1. The van der Waals surface area contributed by atoms with Gasteiger partial charge in [0.2, 0.25) is 0 Å². The van der Waals surface area contributed by atoms with Crippen LogP contribution in [0.4, 0.5) is 0 Å². The van der Waals surface area contributed by atoms with E-state index in [0.717, 1.165) is 11.3 Å². The first-order chi connectivity index (χ1) is 9.66. The van der Waals surface area contributed by atoms with Crippen LogP contribution in [-0.2, 0) is 0 Å². The van der Waals surface area contributed by atoms with Gasteiger partial charge in [0.05, 0.1) is 12.3 Å². The van der Waals surface area contributed by atoms with Crippen molar-refractivity contribution >= 4 is 0 Å². The molecule has 1 aliphatic carbocycles. The summed E-state index contributed by atoms with van der Waals surface area (Å²) in [6, 6.07) is 2.16. The molecule has 1 fully saturated rings. The molecule has 20 heavy (non-hydrogen) atoms. The molecule has 1 heterocycles. The summed E-state index contributed by atoms with van der Waals surface area (Å²) in [6.45, 7) is 4.06. The summed E-state index contributed by atoms with van der Waals surface area (Å²) in [7, 11) is 0. The average Bonchev–Trinajstić information content (AvgIpc) is 2.37. The highest BCUT2D eigenvalue weighted by Gasteiger charge is 2.21. The minimum atomic E-state index is 0.0938. The van der Waals surface area contributed by atoms with Gasteiger partial charge in [-0.2, -0.15) is 0 Å². The third-order valence-corrected chi connectivity index (χ3v) is 4.15. The van der Waals surface area contributed by atoms with Crippen molar-refractivity contribution in [2.75, 3.05) is 0 Å². The third-order valence-electron chi connectivity index (χ3n) is 4.15. The molecule has 2 rings (SSSR count). The van der Waals surface area contributed by atoms with E-state index in [1.807, 2.05) is 20.0 Å². The Morgan fingerprint density at radius 3 is 2.40 bits per heavy atom. The second-order valence-corrected chi connectivity index (χ2v) is 6.25. The molecule has 3 heteroatoms. The van der Waals surface area contributed by atoms with Crippen molar-refractivity contribution in [3.63, 3.8) is 0 Å². The Labute approximate surface area is 122 Å². The van der Waals surface area contributed by atoms with Crippen LogP contribution < -0.4 is 10.5 Å². The molecular weight excluding hydrogens is 248 g/mol. The van der Waals surface area contributed by atoms with E-state index < -0.39 is 0 Å². The summed E-state index contributed by atoms with van der Waals surface area (Å²) >= 11 is 0. The molecule has 1 aromatic rings. The molecule has 3 nitrogen and oxygen atoms in total. The zero-order valence-electron chi connectivity index (χ0n) is 12.8. The van der Waals surface area contributed by atoms with E-state index in [1.165, 1.54) is 44.9 Å². The van der Waals surface area contributed by atoms with Crippen LogP contribution in [0.2, 0.25) is 0 Å². The number of rotatable bonds is 4. The Morgan fingerprint density at radius 2 is 1.75 bits per heavy atom. The lowest BCUT2D eigenvalue weighted by atomic mass is 9.84. The van der Waals surface area contributed by atoms with Crippen LogP contribution in [0, 0.1) is 5.92 Å². The molecule has 0 saturated heterocycles. The molecule has 0 bridgehead atoms. The van der Waals surface area contributed by atoms with Gasteiger partial charge in [-0.3, -0.25) is 4.98 Å². The van der Waals surface area contributed by atoms with Gasteiger partial charge in [-0.1, -0.05) is 32.1 Å². The van der Waals surface area contributed by atoms with E-state index in [9.17, 15) is 0 Å². The SMILES string of the molecule is CC(C)Oc1cncc(C(N)C2CCCCCCC2)c1. The van der Waals surface area contributed by atoms with Gasteiger partial charge in [-0.05, 0) is 44.2 Å². The highest BCUT2D eigenvalue weighted by molar-refractivity contribution is 5.26. The summed E-state index contributed by atoms with van der Waals surface area (Å²) in [6.07, 6.45) is 13.1. The van der Waals surface area contributed by atoms with Crippen molar-refractivity contribution in [3.8, 4) is 5.75 Å². The van der Waals surface area contributed by atoms with Crippen LogP contribution in [0.5, 0.6) is 5.75 Å². The fourth-order valence-corrected chi connectivity index (χ4v) is 3.07. The largest absolute Gasteiger partial charge is 0.489 e. The predicted octanol–water partition coefficient (Wildman–Crippen LogP) is 4.23. The number of nitrogens with two attached hydrogens (primary N) is 1. The van der Waals surface area contributed by atoms with Crippen molar-refractivity contribution < 1.29 is 4.74 Å². The molecule has 2 N–H and O–H groups in total. The van der Waals surface area contributed by atoms with Gasteiger partial charge in [0.15, 0.2) is 0 Å². The zero-order valence-corrected chi connectivity index (χ0v) is 12.8. The van der Waals surface area contributed by atoms with E-state index in [4.69, 9.17) is 10.5 Å². The van der Waals surface area contributed by atoms with Crippen LogP contribution >= 0.6 is 0 Å². The minimum Gasteiger partial charge on any atom is -0.489 e. The Hall–Kier alpha value is -1.09. The van der Waals surface area contributed by atoms with Crippen molar-refractivity contribution in [1.29, 1.82) is 0 Å². The normalized spacial score (nSPS) is 19.4.